The van der Waals surface area contributed by atoms with E-state index in [9.17, 15) is 0 Å². The van der Waals surface area contributed by atoms with Gasteiger partial charge >= 0.3 is 0 Å². The van der Waals surface area contributed by atoms with Crippen molar-refractivity contribution in [3.63, 3.8) is 0 Å². The molecule has 5 heteroatoms. The molecule has 3 aromatic rings. The minimum Gasteiger partial charge on any atom is -0.296 e. The van der Waals surface area contributed by atoms with Gasteiger partial charge in [0, 0.05) is 56.3 Å². The standard InChI is InChI=1S/C25H27ClN4/c1-18-13-19(16-27-15-18)17-29-9-11-30(12-10-29)25-23-7-6-22(26)14-21(23)5-4-20-3-2-8-28-24(20)25/h2-3,6-8,13-16,25H,4-5,9-12,17H2,1H3. The SMILES string of the molecule is Cc1cncc(CN2CCN(C3c4ccc(Cl)cc4CCc4cccnc43)CC2)c1. The Balaban J connectivity index is 1.39. The summed E-state index contributed by atoms with van der Waals surface area (Å²) in [5, 5.41) is 0.822. The lowest BCUT2D eigenvalue weighted by atomic mass is 9.96. The second-order valence-electron chi connectivity index (χ2n) is 8.48. The Hall–Kier alpha value is -2.27. The summed E-state index contributed by atoms with van der Waals surface area (Å²) in [6.07, 6.45) is 7.89. The summed E-state index contributed by atoms with van der Waals surface area (Å²) in [4.78, 5) is 14.3. The average molecular weight is 419 g/mol. The fourth-order valence-corrected chi connectivity index (χ4v) is 5.09. The summed E-state index contributed by atoms with van der Waals surface area (Å²) >= 11 is 6.34. The van der Waals surface area contributed by atoms with E-state index >= 15 is 0 Å². The number of halogens is 1. The van der Waals surface area contributed by atoms with Crippen LogP contribution in [0.15, 0.2) is 55.0 Å². The number of pyridine rings is 2. The summed E-state index contributed by atoms with van der Waals surface area (Å²) < 4.78 is 0. The molecule has 5 rings (SSSR count). The summed E-state index contributed by atoms with van der Waals surface area (Å²) in [5.41, 5.74) is 7.83. The first-order valence-corrected chi connectivity index (χ1v) is 11.1. The Morgan fingerprint density at radius 3 is 2.67 bits per heavy atom. The van der Waals surface area contributed by atoms with Crippen molar-refractivity contribution in [3.8, 4) is 0 Å². The highest BCUT2D eigenvalue weighted by Crippen LogP contribution is 2.37. The van der Waals surface area contributed by atoms with Crippen LogP contribution in [0.3, 0.4) is 0 Å². The van der Waals surface area contributed by atoms with Gasteiger partial charge < -0.3 is 0 Å². The lowest BCUT2D eigenvalue weighted by molar-refractivity contribution is 0.103. The zero-order valence-electron chi connectivity index (χ0n) is 17.4. The van der Waals surface area contributed by atoms with Crippen molar-refractivity contribution in [1.82, 2.24) is 19.8 Å². The van der Waals surface area contributed by atoms with Crippen LogP contribution in [0.1, 0.15) is 39.6 Å². The molecule has 1 fully saturated rings. The van der Waals surface area contributed by atoms with Crippen molar-refractivity contribution in [2.45, 2.75) is 32.4 Å². The van der Waals surface area contributed by atoms with Gasteiger partial charge in [-0.15, -0.1) is 0 Å². The minimum atomic E-state index is 0.207. The maximum atomic E-state index is 6.34. The zero-order chi connectivity index (χ0) is 20.5. The molecule has 0 amide bonds. The van der Waals surface area contributed by atoms with Gasteiger partial charge in [-0.05, 0) is 65.8 Å². The molecule has 154 valence electrons. The summed E-state index contributed by atoms with van der Waals surface area (Å²) in [6.45, 7) is 7.23. The van der Waals surface area contributed by atoms with E-state index < -0.39 is 0 Å². The third-order valence-electron chi connectivity index (χ3n) is 6.36. The van der Waals surface area contributed by atoms with Crippen LogP contribution >= 0.6 is 11.6 Å². The smallest absolute Gasteiger partial charge is 0.0782 e. The number of piperazine rings is 1. The van der Waals surface area contributed by atoms with E-state index in [-0.39, 0.29) is 6.04 Å². The predicted molar refractivity (Wildman–Crippen MR) is 121 cm³/mol. The molecule has 1 saturated heterocycles. The van der Waals surface area contributed by atoms with Gasteiger partial charge in [0.1, 0.15) is 0 Å². The maximum Gasteiger partial charge on any atom is 0.0782 e. The van der Waals surface area contributed by atoms with E-state index in [0.717, 1.165) is 50.6 Å². The number of aromatic nitrogens is 2. The molecule has 1 aliphatic heterocycles. The Kier molecular flexibility index (Phi) is 5.55. The minimum absolute atomic E-state index is 0.207. The van der Waals surface area contributed by atoms with Crippen molar-refractivity contribution in [2.75, 3.05) is 26.2 Å². The second-order valence-corrected chi connectivity index (χ2v) is 8.91. The molecule has 1 aliphatic carbocycles. The van der Waals surface area contributed by atoms with Gasteiger partial charge in [0.2, 0.25) is 0 Å². The van der Waals surface area contributed by atoms with Gasteiger partial charge in [0.25, 0.3) is 0 Å². The Morgan fingerprint density at radius 2 is 1.83 bits per heavy atom. The van der Waals surface area contributed by atoms with E-state index in [1.165, 1.54) is 33.5 Å². The Bertz CT molecular complexity index is 1040. The van der Waals surface area contributed by atoms with Gasteiger partial charge in [0.15, 0.2) is 0 Å². The van der Waals surface area contributed by atoms with Crippen LogP contribution in [0.2, 0.25) is 5.02 Å². The van der Waals surface area contributed by atoms with E-state index in [1.54, 1.807) is 0 Å². The van der Waals surface area contributed by atoms with Crippen LogP contribution in [0, 0.1) is 6.92 Å². The third-order valence-corrected chi connectivity index (χ3v) is 6.59. The number of nitrogens with zero attached hydrogens (tertiary/aromatic N) is 4. The van der Waals surface area contributed by atoms with Crippen LogP contribution in [-0.4, -0.2) is 45.9 Å². The van der Waals surface area contributed by atoms with Crippen molar-refractivity contribution < 1.29 is 0 Å². The quantitative estimate of drug-likeness (QED) is 0.629. The van der Waals surface area contributed by atoms with E-state index in [1.807, 2.05) is 24.7 Å². The van der Waals surface area contributed by atoms with Crippen molar-refractivity contribution in [1.29, 1.82) is 0 Å². The maximum absolute atomic E-state index is 6.34. The van der Waals surface area contributed by atoms with Gasteiger partial charge in [-0.25, -0.2) is 0 Å². The summed E-state index contributed by atoms with van der Waals surface area (Å²) in [7, 11) is 0. The normalized spacial score (nSPS) is 19.7. The molecule has 1 atom stereocenters. The van der Waals surface area contributed by atoms with Crippen molar-refractivity contribution in [3.05, 3.63) is 93.5 Å². The molecule has 4 nitrogen and oxygen atoms in total. The number of rotatable bonds is 3. The average Bonchev–Trinajstić information content (AvgIpc) is 2.91. The highest BCUT2D eigenvalue weighted by atomic mass is 35.5. The van der Waals surface area contributed by atoms with Crippen molar-refractivity contribution >= 4 is 11.6 Å². The Morgan fingerprint density at radius 1 is 1.00 bits per heavy atom. The molecule has 0 N–H and O–H groups in total. The van der Waals surface area contributed by atoms with Crippen LogP contribution < -0.4 is 0 Å². The van der Waals surface area contributed by atoms with E-state index in [4.69, 9.17) is 16.6 Å². The monoisotopic (exact) mass is 418 g/mol. The molecule has 1 aromatic carbocycles. The molecular weight excluding hydrogens is 392 g/mol. The van der Waals surface area contributed by atoms with Crippen LogP contribution in [0.4, 0.5) is 0 Å². The first-order chi connectivity index (χ1) is 14.7. The molecular formula is C25H27ClN4. The Labute approximate surface area is 183 Å². The topological polar surface area (TPSA) is 32.3 Å². The fourth-order valence-electron chi connectivity index (χ4n) is 4.89. The van der Waals surface area contributed by atoms with E-state index in [0.29, 0.717) is 0 Å². The number of aryl methyl sites for hydroxylation is 3. The van der Waals surface area contributed by atoms with Crippen molar-refractivity contribution in [2.24, 2.45) is 0 Å². The molecule has 1 unspecified atom stereocenters. The first kappa shape index (κ1) is 19.7. The predicted octanol–water partition coefficient (Wildman–Crippen LogP) is 4.44. The number of benzene rings is 1. The molecule has 30 heavy (non-hydrogen) atoms. The zero-order valence-corrected chi connectivity index (χ0v) is 18.1. The summed E-state index contributed by atoms with van der Waals surface area (Å²) in [6, 6.07) is 13.1. The van der Waals surface area contributed by atoms with Gasteiger partial charge in [-0.3, -0.25) is 19.8 Å². The molecule has 0 spiro atoms. The largest absolute Gasteiger partial charge is 0.296 e. The lowest BCUT2D eigenvalue weighted by Gasteiger charge is -2.39. The van der Waals surface area contributed by atoms with Crippen LogP contribution in [0.25, 0.3) is 0 Å². The molecule has 3 heterocycles. The van der Waals surface area contributed by atoms with Crippen LogP contribution in [0.5, 0.6) is 0 Å². The number of fused-ring (bicyclic) bond motifs is 2. The summed E-state index contributed by atoms with van der Waals surface area (Å²) in [5.74, 6) is 0. The molecule has 0 radical (unpaired) electrons. The highest BCUT2D eigenvalue weighted by molar-refractivity contribution is 6.30. The molecule has 0 saturated carbocycles. The third kappa shape index (κ3) is 4.00. The van der Waals surface area contributed by atoms with Gasteiger partial charge in [-0.1, -0.05) is 29.8 Å². The number of hydrogen-bond acceptors (Lipinski definition) is 4. The number of hydrogen-bond donors (Lipinski definition) is 0. The van der Waals surface area contributed by atoms with Crippen LogP contribution in [-0.2, 0) is 19.4 Å². The fraction of sp³-hybridized carbons (Fsp3) is 0.360. The second kappa shape index (κ2) is 8.46. The van der Waals surface area contributed by atoms with E-state index in [2.05, 4.69) is 52.0 Å². The first-order valence-electron chi connectivity index (χ1n) is 10.8. The molecule has 2 aromatic heterocycles. The molecule has 2 aliphatic rings. The van der Waals surface area contributed by atoms with Gasteiger partial charge in [-0.2, -0.15) is 0 Å². The lowest BCUT2D eigenvalue weighted by Crippen LogP contribution is -2.47. The molecule has 0 bridgehead atoms. The van der Waals surface area contributed by atoms with Gasteiger partial charge in [0.05, 0.1) is 11.7 Å². The highest BCUT2D eigenvalue weighted by Gasteiger charge is 2.32.